The molecule has 0 saturated heterocycles. The number of carbonyl (C=O) groups excluding carboxylic acids is 2. The second kappa shape index (κ2) is 21.0. The number of aromatic amines is 2. The number of hydrogen-bond donors (Lipinski definition) is 4. The zero-order valence-electron chi connectivity index (χ0n) is 36.8. The number of nitrogens with zero attached hydrogens (tertiary/aromatic N) is 2. The third-order valence-corrected chi connectivity index (χ3v) is 13.1. The van der Waals surface area contributed by atoms with Crippen LogP contribution in [-0.4, -0.2) is 50.9 Å². The number of pyridine rings is 4. The summed E-state index contributed by atoms with van der Waals surface area (Å²) in [5, 5.41) is 2.48. The molecule has 20 heteroatoms. The van der Waals surface area contributed by atoms with Gasteiger partial charge < -0.3 is 21.0 Å². The second-order valence-corrected chi connectivity index (χ2v) is 17.3. The average molecular weight is 977 g/mol. The highest BCUT2D eigenvalue weighted by molar-refractivity contribution is 6.31. The number of fused-ring (bicyclic) bond motifs is 2. The fourth-order valence-corrected chi connectivity index (χ4v) is 9.69. The molecule has 0 radical (unpaired) electrons. The fourth-order valence-electron chi connectivity index (χ4n) is 9.38. The molecule has 2 fully saturated rings. The van der Waals surface area contributed by atoms with E-state index in [9.17, 15) is 58.7 Å². The molecule has 4 aromatic heterocycles. The number of nitrogens with one attached hydrogen (secondary N) is 3. The summed E-state index contributed by atoms with van der Waals surface area (Å²) in [6, 6.07) is 10.6. The van der Waals surface area contributed by atoms with Crippen molar-refractivity contribution >= 4 is 45.2 Å². The predicted molar refractivity (Wildman–Crippen MR) is 238 cm³/mol. The summed E-state index contributed by atoms with van der Waals surface area (Å²) >= 11 is 5.79. The number of aromatic nitrogens is 4. The van der Waals surface area contributed by atoms with Crippen molar-refractivity contribution in [3.8, 4) is 0 Å². The van der Waals surface area contributed by atoms with Gasteiger partial charge in [0.2, 0.25) is 0 Å². The van der Waals surface area contributed by atoms with Crippen LogP contribution in [0.3, 0.4) is 0 Å². The minimum atomic E-state index is -4.35. The Kier molecular flexibility index (Phi) is 15.8. The molecule has 68 heavy (non-hydrogen) atoms. The first-order valence-electron chi connectivity index (χ1n) is 21.6. The molecule has 8 rings (SSSR count). The quantitative estimate of drug-likeness (QED) is 0.0919. The van der Waals surface area contributed by atoms with Gasteiger partial charge in [-0.3, -0.25) is 29.1 Å². The number of H-pyrrole nitrogens is 2. The van der Waals surface area contributed by atoms with E-state index in [-0.39, 0.29) is 82.2 Å². The van der Waals surface area contributed by atoms with Crippen LogP contribution in [0.5, 0.6) is 0 Å². The first-order valence-corrected chi connectivity index (χ1v) is 22.0. The molecular weight excluding hydrogens is 931 g/mol. The molecule has 2 aromatic carbocycles. The maximum absolute atomic E-state index is 14.3. The normalized spacial score (nSPS) is 20.2. The van der Waals surface area contributed by atoms with E-state index in [4.69, 9.17) is 17.3 Å². The van der Waals surface area contributed by atoms with Gasteiger partial charge in [-0.15, -0.1) is 0 Å². The smallest absolute Gasteiger partial charge is 0.364 e. The molecule has 2 aliphatic carbocycles. The highest BCUT2D eigenvalue weighted by Crippen LogP contribution is 2.50. The third-order valence-electron chi connectivity index (χ3n) is 12.8. The molecule has 4 heterocycles. The molecule has 0 aliphatic heterocycles. The minimum Gasteiger partial charge on any atom is -0.364 e. The topological polar surface area (TPSA) is 164 Å². The summed E-state index contributed by atoms with van der Waals surface area (Å²) in [6.07, 6.45) is 0.302. The third kappa shape index (κ3) is 11.2. The van der Waals surface area contributed by atoms with Gasteiger partial charge in [-0.2, -0.15) is 13.2 Å². The van der Waals surface area contributed by atoms with E-state index in [1.165, 1.54) is 62.9 Å². The Morgan fingerprint density at radius 2 is 1.47 bits per heavy atom. The van der Waals surface area contributed by atoms with Gasteiger partial charge in [0.25, 0.3) is 17.7 Å². The Morgan fingerprint density at radius 3 is 2.12 bits per heavy atom. The van der Waals surface area contributed by atoms with Crippen LogP contribution in [-0.2, 0) is 0 Å². The highest BCUT2D eigenvalue weighted by Gasteiger charge is 2.44. The molecule has 2 saturated carbocycles. The number of nitrogens with two attached hydrogens (primary N) is 1. The standard InChI is InChI=1S/C24H22F5N3O2.C14H15ClF4.C10H9N3O2/c1-11-13(4-5-16(25)21(11)26)14-3-2-12(10-24(27,28)29)8-15(14)18-9-19(33)20-17(32-18)6-7-31-22(20)23(30)34;1-2-9-7-8(5-6-14(9,18)19)10-3-4-11(16)13(17)12(10)15;1-11-10(15)9-8-6(2-4-13-9)12-5-3-7(8)14/h4-7,9,12,14-15H,2-3,8,10H2,1H3,(H2,30,34)(H,32,33);3-4,8-9H,2,5-7H2,1H3;2-5H,1H3,(H,11,15)(H,12,14)/t12-,14-,15+;8-,9-;/m01./s1. The van der Waals surface area contributed by atoms with E-state index >= 15 is 0 Å². The Bertz CT molecular complexity index is 2960. The lowest BCUT2D eigenvalue weighted by atomic mass is 9.68. The Hall–Kier alpha value is -6.24. The summed E-state index contributed by atoms with van der Waals surface area (Å²) < 4.78 is 121. The number of hydrogen-bond acceptors (Lipinski definition) is 6. The molecule has 5 N–H and O–H groups in total. The van der Waals surface area contributed by atoms with Crippen LogP contribution in [0, 0.1) is 42.0 Å². The summed E-state index contributed by atoms with van der Waals surface area (Å²) in [7, 11) is 1.50. The van der Waals surface area contributed by atoms with Crippen LogP contribution < -0.4 is 21.9 Å². The lowest BCUT2D eigenvalue weighted by molar-refractivity contribution is -0.147. The number of carbonyl (C=O) groups is 2. The van der Waals surface area contributed by atoms with Crippen molar-refractivity contribution in [3.63, 3.8) is 0 Å². The number of halogens is 10. The van der Waals surface area contributed by atoms with Crippen LogP contribution in [0.2, 0.25) is 5.02 Å². The minimum absolute atomic E-state index is 0.0121. The molecule has 2 aliphatic rings. The summed E-state index contributed by atoms with van der Waals surface area (Å²) in [6.45, 7) is 3.15. The zero-order chi connectivity index (χ0) is 49.8. The number of primary amides is 1. The van der Waals surface area contributed by atoms with E-state index in [0.717, 1.165) is 12.1 Å². The van der Waals surface area contributed by atoms with Crippen LogP contribution in [0.15, 0.2) is 76.7 Å². The van der Waals surface area contributed by atoms with Crippen molar-refractivity contribution in [1.82, 2.24) is 25.3 Å². The van der Waals surface area contributed by atoms with Crippen molar-refractivity contribution in [3.05, 3.63) is 150 Å². The highest BCUT2D eigenvalue weighted by atomic mass is 35.5. The molecule has 362 valence electrons. The SMILES string of the molecule is CC[C@@H]1C[C@H](c2ccc(F)c(F)c2Cl)CCC1(F)F.CNC(=O)c1nccc2[nH]ccc(=O)c12.Cc1c([C@@H]2CC[C@H](CC(F)(F)F)C[C@H]2c2cc(=O)c3c(C(N)=O)nccc3[nH]2)ccc(F)c1F. The maximum atomic E-state index is 14.3. The fraction of sp³-hybridized carbons (Fsp3) is 0.375. The van der Waals surface area contributed by atoms with Crippen molar-refractivity contribution in [2.45, 2.75) is 95.1 Å². The Labute approximate surface area is 387 Å². The number of amides is 2. The van der Waals surface area contributed by atoms with Crippen molar-refractivity contribution in [2.75, 3.05) is 7.05 Å². The van der Waals surface area contributed by atoms with Crippen LogP contribution >= 0.6 is 11.6 Å². The van der Waals surface area contributed by atoms with Crippen molar-refractivity contribution < 1.29 is 49.1 Å². The van der Waals surface area contributed by atoms with Gasteiger partial charge in [-0.25, -0.2) is 26.3 Å². The Balaban J connectivity index is 0.000000188. The summed E-state index contributed by atoms with van der Waals surface area (Å²) in [5.41, 5.74) is 6.75. The molecule has 0 bridgehead atoms. The summed E-state index contributed by atoms with van der Waals surface area (Å²) in [4.78, 5) is 61.4. The van der Waals surface area contributed by atoms with Crippen molar-refractivity contribution in [1.29, 1.82) is 0 Å². The van der Waals surface area contributed by atoms with Gasteiger partial charge in [-0.05, 0) is 104 Å². The molecule has 5 atom stereocenters. The van der Waals surface area contributed by atoms with E-state index in [2.05, 4.69) is 25.3 Å². The number of alkyl halides is 5. The second-order valence-electron chi connectivity index (χ2n) is 16.9. The lowest BCUT2D eigenvalue weighted by Gasteiger charge is -2.37. The molecule has 0 unspecified atom stereocenters. The first-order chi connectivity index (χ1) is 32.1. The first kappa shape index (κ1) is 51.2. The van der Waals surface area contributed by atoms with Gasteiger partial charge >= 0.3 is 6.18 Å². The van der Waals surface area contributed by atoms with E-state index in [1.807, 2.05) is 0 Å². The van der Waals surface area contributed by atoms with Crippen LogP contribution in [0.1, 0.15) is 119 Å². The number of rotatable bonds is 7. The maximum Gasteiger partial charge on any atom is 0.389 e. The average Bonchev–Trinajstić information content (AvgIpc) is 3.29. The van der Waals surface area contributed by atoms with Gasteiger partial charge in [0.1, 0.15) is 11.4 Å². The zero-order valence-corrected chi connectivity index (χ0v) is 37.5. The molecule has 0 spiro atoms. The lowest BCUT2D eigenvalue weighted by Crippen LogP contribution is -2.34. The molecule has 10 nitrogen and oxygen atoms in total. The van der Waals surface area contributed by atoms with E-state index in [1.54, 1.807) is 13.0 Å². The molecule has 2 amide bonds. The van der Waals surface area contributed by atoms with Crippen molar-refractivity contribution in [2.24, 2.45) is 17.6 Å². The van der Waals surface area contributed by atoms with Gasteiger partial charge in [-0.1, -0.05) is 30.7 Å². The largest absolute Gasteiger partial charge is 0.389 e. The van der Waals surface area contributed by atoms with E-state index < -0.39 is 76.8 Å². The summed E-state index contributed by atoms with van der Waals surface area (Å²) in [5.74, 6) is -10.7. The van der Waals surface area contributed by atoms with Gasteiger partial charge in [0, 0.05) is 68.1 Å². The van der Waals surface area contributed by atoms with Crippen LogP contribution in [0.4, 0.5) is 39.5 Å². The molecular formula is C48H46ClF9N6O4. The monoisotopic (exact) mass is 976 g/mol. The number of benzene rings is 2. The van der Waals surface area contributed by atoms with Crippen LogP contribution in [0.25, 0.3) is 21.8 Å². The van der Waals surface area contributed by atoms with E-state index in [0.29, 0.717) is 40.6 Å². The van der Waals surface area contributed by atoms with Gasteiger partial charge in [0.05, 0.1) is 26.8 Å². The molecule has 6 aromatic rings. The Morgan fingerprint density at radius 1 is 0.838 bits per heavy atom. The predicted octanol–water partition coefficient (Wildman–Crippen LogP) is 11.1. The van der Waals surface area contributed by atoms with Gasteiger partial charge in [0.15, 0.2) is 34.1 Å².